The normalized spacial score (nSPS) is 19.8. The highest BCUT2D eigenvalue weighted by Crippen LogP contribution is 2.37. The molecule has 2 aromatic heterocycles. The van der Waals surface area contributed by atoms with Gasteiger partial charge in [-0.2, -0.15) is 16.7 Å². The van der Waals surface area contributed by atoms with E-state index in [2.05, 4.69) is 15.1 Å². The van der Waals surface area contributed by atoms with E-state index in [0.29, 0.717) is 17.7 Å². The summed E-state index contributed by atoms with van der Waals surface area (Å²) in [6.07, 6.45) is 0. The molecule has 0 amide bonds. The molecule has 0 spiro atoms. The lowest BCUT2D eigenvalue weighted by atomic mass is 10.4. The highest BCUT2D eigenvalue weighted by atomic mass is 32.2. The second-order valence-electron chi connectivity index (χ2n) is 4.12. The van der Waals surface area contributed by atoms with Crippen LogP contribution < -0.4 is 5.73 Å². The number of thioether (sulfide) groups is 2. The van der Waals surface area contributed by atoms with Crippen molar-refractivity contribution in [3.63, 3.8) is 0 Å². The van der Waals surface area contributed by atoms with Gasteiger partial charge in [0.1, 0.15) is 9.88 Å². The number of rotatable bonds is 3. The molecule has 1 saturated heterocycles. The average Bonchev–Trinajstić information content (AvgIpc) is 3.06. The molecular formula is C11H14N4OS3. The van der Waals surface area contributed by atoms with Crippen LogP contribution in [0.4, 0.5) is 0 Å². The van der Waals surface area contributed by atoms with E-state index < -0.39 is 0 Å². The van der Waals surface area contributed by atoms with E-state index in [4.69, 9.17) is 10.3 Å². The van der Waals surface area contributed by atoms with Gasteiger partial charge in [0.25, 0.3) is 5.89 Å². The highest BCUT2D eigenvalue weighted by molar-refractivity contribution is 8.06. The first-order chi connectivity index (χ1) is 9.28. The summed E-state index contributed by atoms with van der Waals surface area (Å²) in [6, 6.07) is 0. The summed E-state index contributed by atoms with van der Waals surface area (Å²) in [6.45, 7) is 2.39. The summed E-state index contributed by atoms with van der Waals surface area (Å²) >= 11 is 5.37. The minimum atomic E-state index is 0.346. The Labute approximate surface area is 123 Å². The Morgan fingerprint density at radius 3 is 2.95 bits per heavy atom. The number of hydrogen-bond donors (Lipinski definition) is 1. The molecule has 2 aromatic rings. The Bertz CT molecular complexity index is 562. The number of hydrogen-bond acceptors (Lipinski definition) is 8. The van der Waals surface area contributed by atoms with Crippen LogP contribution in [0.3, 0.4) is 0 Å². The van der Waals surface area contributed by atoms with Gasteiger partial charge in [-0.15, -0.1) is 23.1 Å². The van der Waals surface area contributed by atoms with Gasteiger partial charge in [-0.3, -0.25) is 0 Å². The molecular weight excluding hydrogens is 300 g/mol. The molecule has 1 aliphatic rings. The Morgan fingerprint density at radius 1 is 1.37 bits per heavy atom. The first-order valence-corrected chi connectivity index (χ1v) is 8.99. The van der Waals surface area contributed by atoms with E-state index in [9.17, 15) is 0 Å². The number of nitrogens with two attached hydrogens (primary N) is 1. The van der Waals surface area contributed by atoms with Gasteiger partial charge in [0.15, 0.2) is 5.82 Å². The summed E-state index contributed by atoms with van der Waals surface area (Å²) in [4.78, 5) is 9.85. The number of thiazole rings is 1. The Hall–Kier alpha value is -0.570. The Morgan fingerprint density at radius 2 is 2.26 bits per heavy atom. The number of aromatic nitrogens is 3. The standard InChI is InChI=1S/C11H14N4OS3/c1-6-9(19-8(4-12)13-6)11-14-10(15-16-11)7-5-17-2-3-18-7/h7H,2-5,12H2,1H3. The first-order valence-electron chi connectivity index (χ1n) is 5.97. The third-order valence-electron chi connectivity index (χ3n) is 2.76. The molecule has 0 saturated carbocycles. The Balaban J connectivity index is 1.85. The van der Waals surface area contributed by atoms with Crippen molar-refractivity contribution in [1.29, 1.82) is 0 Å². The molecule has 3 rings (SSSR count). The van der Waals surface area contributed by atoms with Crippen LogP contribution in [-0.2, 0) is 6.54 Å². The van der Waals surface area contributed by atoms with Crippen LogP contribution in [0.15, 0.2) is 4.52 Å². The average molecular weight is 314 g/mol. The lowest BCUT2D eigenvalue weighted by Gasteiger charge is -2.16. The van der Waals surface area contributed by atoms with Crippen LogP contribution >= 0.6 is 34.9 Å². The molecule has 5 nitrogen and oxygen atoms in total. The van der Waals surface area contributed by atoms with Gasteiger partial charge in [0.05, 0.1) is 10.9 Å². The van der Waals surface area contributed by atoms with E-state index in [1.54, 1.807) is 0 Å². The van der Waals surface area contributed by atoms with E-state index >= 15 is 0 Å². The van der Waals surface area contributed by atoms with Crippen LogP contribution in [0.1, 0.15) is 21.8 Å². The van der Waals surface area contributed by atoms with Gasteiger partial charge in [0, 0.05) is 23.8 Å². The van der Waals surface area contributed by atoms with Crippen molar-refractivity contribution in [1.82, 2.24) is 15.1 Å². The van der Waals surface area contributed by atoms with E-state index in [0.717, 1.165) is 32.9 Å². The van der Waals surface area contributed by atoms with Gasteiger partial charge in [0.2, 0.25) is 0 Å². The maximum Gasteiger partial charge on any atom is 0.269 e. The van der Waals surface area contributed by atoms with Crippen LogP contribution in [0.25, 0.3) is 10.8 Å². The monoisotopic (exact) mass is 314 g/mol. The maximum absolute atomic E-state index is 5.61. The fraction of sp³-hybridized carbons (Fsp3) is 0.545. The quantitative estimate of drug-likeness (QED) is 0.932. The fourth-order valence-electron chi connectivity index (χ4n) is 1.83. The number of nitrogens with zero attached hydrogens (tertiary/aromatic N) is 3. The van der Waals surface area contributed by atoms with Crippen molar-refractivity contribution >= 4 is 34.9 Å². The molecule has 0 aliphatic carbocycles. The summed E-state index contributed by atoms with van der Waals surface area (Å²) < 4.78 is 5.39. The molecule has 1 aliphatic heterocycles. The molecule has 1 fully saturated rings. The van der Waals surface area contributed by atoms with Crippen molar-refractivity contribution in [3.05, 3.63) is 16.5 Å². The molecule has 8 heteroatoms. The second kappa shape index (κ2) is 5.82. The summed E-state index contributed by atoms with van der Waals surface area (Å²) in [7, 11) is 0. The molecule has 3 heterocycles. The van der Waals surface area contributed by atoms with Crippen molar-refractivity contribution in [3.8, 4) is 10.8 Å². The third-order valence-corrected chi connectivity index (χ3v) is 6.67. The molecule has 0 aromatic carbocycles. The largest absolute Gasteiger partial charge is 0.333 e. The van der Waals surface area contributed by atoms with Gasteiger partial charge in [-0.1, -0.05) is 5.16 Å². The minimum Gasteiger partial charge on any atom is -0.333 e. The first kappa shape index (κ1) is 13.4. The molecule has 0 radical (unpaired) electrons. The zero-order valence-electron chi connectivity index (χ0n) is 10.5. The molecule has 102 valence electrons. The van der Waals surface area contributed by atoms with Crippen LogP contribution in [0.2, 0.25) is 0 Å². The lowest BCUT2D eigenvalue weighted by Crippen LogP contribution is -2.07. The van der Waals surface area contributed by atoms with Gasteiger partial charge >= 0.3 is 0 Å². The molecule has 2 N–H and O–H groups in total. The maximum atomic E-state index is 5.61. The van der Waals surface area contributed by atoms with Crippen LogP contribution in [0, 0.1) is 6.92 Å². The molecule has 0 bridgehead atoms. The minimum absolute atomic E-state index is 0.346. The smallest absolute Gasteiger partial charge is 0.269 e. The van der Waals surface area contributed by atoms with Crippen molar-refractivity contribution in [2.24, 2.45) is 5.73 Å². The van der Waals surface area contributed by atoms with Gasteiger partial charge in [-0.05, 0) is 6.92 Å². The summed E-state index contributed by atoms with van der Waals surface area (Å²) in [5.41, 5.74) is 6.52. The van der Waals surface area contributed by atoms with Crippen LogP contribution in [-0.4, -0.2) is 32.4 Å². The third kappa shape index (κ3) is 2.81. The lowest BCUT2D eigenvalue weighted by molar-refractivity contribution is 0.423. The van der Waals surface area contributed by atoms with Gasteiger partial charge < -0.3 is 10.3 Å². The molecule has 1 atom stereocenters. The molecule has 1 unspecified atom stereocenters. The van der Waals surface area contributed by atoms with Crippen molar-refractivity contribution < 1.29 is 4.52 Å². The van der Waals surface area contributed by atoms with E-state index in [-0.39, 0.29) is 0 Å². The highest BCUT2D eigenvalue weighted by Gasteiger charge is 2.23. The van der Waals surface area contributed by atoms with E-state index in [1.807, 2.05) is 30.4 Å². The fourth-order valence-corrected chi connectivity index (χ4v) is 5.29. The Kier molecular flexibility index (Phi) is 4.11. The van der Waals surface area contributed by atoms with Crippen molar-refractivity contribution in [2.75, 3.05) is 17.3 Å². The predicted octanol–water partition coefficient (Wildman–Crippen LogP) is 2.48. The van der Waals surface area contributed by atoms with Crippen molar-refractivity contribution in [2.45, 2.75) is 18.7 Å². The molecule has 19 heavy (non-hydrogen) atoms. The van der Waals surface area contributed by atoms with E-state index in [1.165, 1.54) is 17.1 Å². The predicted molar refractivity (Wildman–Crippen MR) is 80.6 cm³/mol. The summed E-state index contributed by atoms with van der Waals surface area (Å²) in [5, 5.41) is 5.36. The summed E-state index contributed by atoms with van der Waals surface area (Å²) in [5.74, 6) is 4.78. The SMILES string of the molecule is Cc1nc(CN)sc1-c1nc(C2CSCCS2)no1. The second-order valence-corrected chi connectivity index (χ2v) is 7.66. The zero-order chi connectivity index (χ0) is 13.2. The number of aryl methyl sites for hydroxylation is 1. The van der Waals surface area contributed by atoms with Crippen LogP contribution in [0.5, 0.6) is 0 Å². The zero-order valence-corrected chi connectivity index (χ0v) is 12.9. The topological polar surface area (TPSA) is 77.8 Å². The van der Waals surface area contributed by atoms with Gasteiger partial charge in [-0.25, -0.2) is 4.98 Å².